The monoisotopic (exact) mass is 412 g/mol. The van der Waals surface area contributed by atoms with E-state index in [1.807, 2.05) is 49.4 Å². The number of anilines is 1. The number of rotatable bonds is 1. The molecular formula is C19H13BrN2O2S. The number of hydrogen-bond acceptors (Lipinski definition) is 3. The number of hydrogen-bond donors (Lipinski definition) is 0. The van der Waals surface area contributed by atoms with Gasteiger partial charge < -0.3 is 4.90 Å². The van der Waals surface area contributed by atoms with Crippen LogP contribution in [0.1, 0.15) is 16.7 Å². The molecule has 4 nitrogen and oxygen atoms in total. The molecule has 2 aliphatic heterocycles. The summed E-state index contributed by atoms with van der Waals surface area (Å²) in [6.45, 7) is 2.01. The van der Waals surface area contributed by atoms with E-state index in [1.54, 1.807) is 11.9 Å². The third-order valence-electron chi connectivity index (χ3n) is 4.23. The Morgan fingerprint density at radius 1 is 1.08 bits per heavy atom. The van der Waals surface area contributed by atoms with Gasteiger partial charge in [-0.2, -0.15) is 0 Å². The van der Waals surface area contributed by atoms with Crippen LogP contribution in [0.5, 0.6) is 0 Å². The number of benzene rings is 2. The molecule has 0 radical (unpaired) electrons. The summed E-state index contributed by atoms with van der Waals surface area (Å²) in [7, 11) is 1.72. The van der Waals surface area contributed by atoms with E-state index in [-0.39, 0.29) is 11.8 Å². The van der Waals surface area contributed by atoms with E-state index in [2.05, 4.69) is 20.9 Å². The lowest BCUT2D eigenvalue weighted by atomic mass is 10.1. The van der Waals surface area contributed by atoms with Gasteiger partial charge in [-0.05, 0) is 25.1 Å². The fourth-order valence-electron chi connectivity index (χ4n) is 2.90. The highest BCUT2D eigenvalue weighted by atomic mass is 79.9. The van der Waals surface area contributed by atoms with Crippen molar-refractivity contribution in [3.05, 3.63) is 68.5 Å². The maximum absolute atomic E-state index is 12.7. The SMILES string of the molecule is Cc1ccc(C2=NC(=O)/C(=C3/C(=O)N(C)c4ccc(Br)cc43)S2)cc1. The summed E-state index contributed by atoms with van der Waals surface area (Å²) in [5.41, 5.74) is 4.02. The van der Waals surface area contributed by atoms with Crippen LogP contribution in [0.15, 0.2) is 56.8 Å². The van der Waals surface area contributed by atoms with E-state index >= 15 is 0 Å². The van der Waals surface area contributed by atoms with Crippen LogP contribution in [-0.4, -0.2) is 23.9 Å². The fraction of sp³-hybridized carbons (Fsp3) is 0.105. The number of aliphatic imine (C=N–C) groups is 1. The van der Waals surface area contributed by atoms with Gasteiger partial charge in [-0.15, -0.1) is 0 Å². The quantitative estimate of drug-likeness (QED) is 0.660. The van der Waals surface area contributed by atoms with Crippen LogP contribution in [0.3, 0.4) is 0 Å². The third kappa shape index (κ3) is 2.65. The first kappa shape index (κ1) is 16.3. The van der Waals surface area contributed by atoms with Crippen molar-refractivity contribution in [1.82, 2.24) is 0 Å². The lowest BCUT2D eigenvalue weighted by Gasteiger charge is -2.08. The van der Waals surface area contributed by atoms with E-state index < -0.39 is 0 Å². The molecule has 0 unspecified atom stereocenters. The van der Waals surface area contributed by atoms with E-state index in [9.17, 15) is 9.59 Å². The van der Waals surface area contributed by atoms with E-state index in [0.717, 1.165) is 26.9 Å². The number of likely N-dealkylation sites (N-methyl/N-ethyl adjacent to an activating group) is 1. The van der Waals surface area contributed by atoms with Crippen molar-refractivity contribution in [1.29, 1.82) is 0 Å². The second-order valence-corrected chi connectivity index (χ2v) is 7.83. The molecule has 0 saturated carbocycles. The van der Waals surface area contributed by atoms with E-state index in [4.69, 9.17) is 0 Å². The molecule has 0 saturated heterocycles. The van der Waals surface area contributed by atoms with Crippen molar-refractivity contribution >= 4 is 55.8 Å². The highest BCUT2D eigenvalue weighted by Gasteiger charge is 2.37. The Morgan fingerprint density at radius 3 is 2.52 bits per heavy atom. The number of nitrogens with zero attached hydrogens (tertiary/aromatic N) is 2. The van der Waals surface area contributed by atoms with Gasteiger partial charge in [-0.3, -0.25) is 9.59 Å². The van der Waals surface area contributed by atoms with Gasteiger partial charge in [0.15, 0.2) is 0 Å². The van der Waals surface area contributed by atoms with E-state index in [1.165, 1.54) is 11.8 Å². The molecule has 124 valence electrons. The zero-order chi connectivity index (χ0) is 17.7. The zero-order valence-corrected chi connectivity index (χ0v) is 15.9. The predicted octanol–water partition coefficient (Wildman–Crippen LogP) is 4.17. The van der Waals surface area contributed by atoms with Gasteiger partial charge in [0.2, 0.25) is 0 Å². The second kappa shape index (κ2) is 5.97. The summed E-state index contributed by atoms with van der Waals surface area (Å²) in [4.78, 5) is 31.4. The summed E-state index contributed by atoms with van der Waals surface area (Å²) in [6.07, 6.45) is 0. The standard InChI is InChI=1S/C19H13BrN2O2S/c1-10-3-5-11(6-4-10)18-21-17(23)16(25-18)15-13-9-12(20)7-8-14(13)22(2)19(15)24/h3-9H,1-2H3/b16-15-. The smallest absolute Gasteiger partial charge is 0.285 e. The second-order valence-electron chi connectivity index (χ2n) is 5.92. The summed E-state index contributed by atoms with van der Waals surface area (Å²) >= 11 is 4.71. The Balaban J connectivity index is 1.80. The number of carbonyl (C=O) groups excluding carboxylic acids is 2. The van der Waals surface area contributed by atoms with Crippen LogP contribution in [0, 0.1) is 6.92 Å². The van der Waals surface area contributed by atoms with Gasteiger partial charge in [-0.1, -0.05) is 57.5 Å². The Labute approximate surface area is 157 Å². The van der Waals surface area contributed by atoms with Crippen LogP contribution >= 0.6 is 27.7 Å². The summed E-state index contributed by atoms with van der Waals surface area (Å²) in [6, 6.07) is 13.5. The average Bonchev–Trinajstić information content (AvgIpc) is 3.07. The number of halogens is 1. The number of amides is 2. The van der Waals surface area contributed by atoms with Gasteiger partial charge in [0.1, 0.15) is 5.04 Å². The molecule has 0 bridgehead atoms. The Morgan fingerprint density at radius 2 is 1.80 bits per heavy atom. The van der Waals surface area contributed by atoms with Crippen molar-refractivity contribution in [3.63, 3.8) is 0 Å². The van der Waals surface area contributed by atoms with Crippen molar-refractivity contribution < 1.29 is 9.59 Å². The average molecular weight is 413 g/mol. The van der Waals surface area contributed by atoms with Crippen LogP contribution in [0.2, 0.25) is 0 Å². The minimum atomic E-state index is -0.356. The van der Waals surface area contributed by atoms with Crippen LogP contribution in [-0.2, 0) is 9.59 Å². The summed E-state index contributed by atoms with van der Waals surface area (Å²) in [5.74, 6) is -0.533. The maximum atomic E-state index is 12.7. The molecule has 0 aliphatic carbocycles. The van der Waals surface area contributed by atoms with Crippen molar-refractivity contribution in [2.45, 2.75) is 6.92 Å². The Kier molecular flexibility index (Phi) is 3.89. The number of thioether (sulfide) groups is 1. The highest BCUT2D eigenvalue weighted by Crippen LogP contribution is 2.44. The minimum Gasteiger partial charge on any atom is -0.311 e. The first-order valence-electron chi connectivity index (χ1n) is 7.66. The minimum absolute atomic E-state index is 0.177. The molecule has 4 rings (SSSR count). The number of aryl methyl sites for hydroxylation is 1. The Bertz CT molecular complexity index is 993. The molecular weight excluding hydrogens is 400 g/mol. The van der Waals surface area contributed by atoms with E-state index in [0.29, 0.717) is 15.5 Å². The predicted molar refractivity (Wildman–Crippen MR) is 105 cm³/mol. The van der Waals surface area contributed by atoms with Gasteiger partial charge in [0.25, 0.3) is 11.8 Å². The molecule has 0 atom stereocenters. The molecule has 2 heterocycles. The normalized spacial score (nSPS) is 19.5. The first-order valence-corrected chi connectivity index (χ1v) is 9.27. The molecule has 2 aromatic rings. The molecule has 6 heteroatoms. The molecule has 0 aromatic heterocycles. The zero-order valence-electron chi connectivity index (χ0n) is 13.5. The number of carbonyl (C=O) groups is 2. The molecule has 2 aromatic carbocycles. The van der Waals surface area contributed by atoms with Crippen molar-refractivity contribution in [2.75, 3.05) is 11.9 Å². The number of fused-ring (bicyclic) bond motifs is 1. The van der Waals surface area contributed by atoms with Crippen molar-refractivity contribution in [3.8, 4) is 0 Å². The summed E-state index contributed by atoms with van der Waals surface area (Å²) in [5, 5.41) is 0.631. The maximum Gasteiger partial charge on any atom is 0.285 e. The third-order valence-corrected chi connectivity index (χ3v) is 5.83. The Hall–Kier alpha value is -2.18. The largest absolute Gasteiger partial charge is 0.311 e. The van der Waals surface area contributed by atoms with Crippen LogP contribution < -0.4 is 4.90 Å². The fourth-order valence-corrected chi connectivity index (χ4v) is 4.27. The van der Waals surface area contributed by atoms with Crippen molar-refractivity contribution in [2.24, 2.45) is 4.99 Å². The van der Waals surface area contributed by atoms with Gasteiger partial charge >= 0.3 is 0 Å². The molecule has 0 fully saturated rings. The lowest BCUT2D eigenvalue weighted by Crippen LogP contribution is -2.21. The molecule has 0 spiro atoms. The van der Waals surface area contributed by atoms with Gasteiger partial charge in [0, 0.05) is 22.6 Å². The highest BCUT2D eigenvalue weighted by molar-refractivity contribution is 9.10. The molecule has 2 amide bonds. The first-order chi connectivity index (χ1) is 12.0. The molecule has 25 heavy (non-hydrogen) atoms. The summed E-state index contributed by atoms with van der Waals surface area (Å²) < 4.78 is 0.863. The molecule has 2 aliphatic rings. The van der Waals surface area contributed by atoms with Gasteiger partial charge in [0.05, 0.1) is 16.2 Å². The van der Waals surface area contributed by atoms with Crippen LogP contribution in [0.4, 0.5) is 5.69 Å². The molecule has 0 N–H and O–H groups in total. The lowest BCUT2D eigenvalue weighted by molar-refractivity contribution is -0.115. The van der Waals surface area contributed by atoms with Crippen LogP contribution in [0.25, 0.3) is 5.57 Å². The van der Waals surface area contributed by atoms with Gasteiger partial charge in [-0.25, -0.2) is 4.99 Å². The topological polar surface area (TPSA) is 49.7 Å².